The normalized spacial score (nSPS) is 25.2. The average Bonchev–Trinajstić information content (AvgIpc) is 3.03. The number of thioether (sulfide) groups is 1. The molecule has 1 amide bonds. The number of aryl methyl sites for hydroxylation is 1. The number of nitrogens with one attached hydrogen (secondary N) is 1. The summed E-state index contributed by atoms with van der Waals surface area (Å²) in [6, 6.07) is 3.63. The van der Waals surface area contributed by atoms with Gasteiger partial charge in [-0.2, -0.15) is 5.10 Å². The third-order valence-electron chi connectivity index (χ3n) is 4.57. The van der Waals surface area contributed by atoms with Crippen LogP contribution in [0.3, 0.4) is 0 Å². The lowest BCUT2D eigenvalue weighted by Gasteiger charge is -2.16. The smallest absolute Gasteiger partial charge is 0.235 e. The van der Waals surface area contributed by atoms with E-state index in [1.165, 1.54) is 11.8 Å². The summed E-state index contributed by atoms with van der Waals surface area (Å²) in [7, 11) is -3.04. The summed E-state index contributed by atoms with van der Waals surface area (Å²) >= 11 is 1.53. The SMILES string of the molecule is Cc1nn([C@H]2CCS(=O)(=O)C2)c2c1[C@@H](c1cccnc1)SCC(=O)N2. The molecule has 2 atom stereocenters. The van der Waals surface area contributed by atoms with Crippen LogP contribution < -0.4 is 5.32 Å². The van der Waals surface area contributed by atoms with Crippen LogP contribution >= 0.6 is 11.8 Å². The fourth-order valence-electron chi connectivity index (χ4n) is 3.44. The highest BCUT2D eigenvalue weighted by Gasteiger charge is 2.36. The van der Waals surface area contributed by atoms with E-state index in [0.29, 0.717) is 18.0 Å². The fourth-order valence-corrected chi connectivity index (χ4v) is 6.30. The van der Waals surface area contributed by atoms with Gasteiger partial charge in [-0.25, -0.2) is 13.1 Å². The number of nitrogens with zero attached hydrogens (tertiary/aromatic N) is 3. The molecule has 25 heavy (non-hydrogen) atoms. The van der Waals surface area contributed by atoms with Crippen LogP contribution in [0.15, 0.2) is 24.5 Å². The van der Waals surface area contributed by atoms with Gasteiger partial charge in [0.25, 0.3) is 0 Å². The Kier molecular flexibility index (Phi) is 4.07. The second kappa shape index (κ2) is 6.14. The Hall–Kier alpha value is -1.87. The molecule has 9 heteroatoms. The Labute approximate surface area is 150 Å². The number of fused-ring (bicyclic) bond motifs is 1. The van der Waals surface area contributed by atoms with Crippen LogP contribution in [0, 0.1) is 6.92 Å². The molecule has 0 saturated carbocycles. The molecule has 2 aromatic rings. The number of amides is 1. The zero-order chi connectivity index (χ0) is 17.6. The van der Waals surface area contributed by atoms with Crippen LogP contribution in [-0.2, 0) is 14.6 Å². The lowest BCUT2D eigenvalue weighted by Crippen LogP contribution is -2.20. The number of pyridine rings is 1. The van der Waals surface area contributed by atoms with Crippen molar-refractivity contribution in [3.05, 3.63) is 41.3 Å². The first kappa shape index (κ1) is 16.6. The molecule has 1 N–H and O–H groups in total. The van der Waals surface area contributed by atoms with Crippen molar-refractivity contribution in [2.75, 3.05) is 22.6 Å². The summed E-state index contributed by atoms with van der Waals surface area (Å²) in [5.41, 5.74) is 2.75. The van der Waals surface area contributed by atoms with E-state index in [-0.39, 0.29) is 28.7 Å². The number of hydrogen-bond donors (Lipinski definition) is 1. The molecule has 7 nitrogen and oxygen atoms in total. The number of rotatable bonds is 2. The van der Waals surface area contributed by atoms with Gasteiger partial charge in [0, 0.05) is 18.0 Å². The van der Waals surface area contributed by atoms with Crippen molar-refractivity contribution in [3.63, 3.8) is 0 Å². The van der Waals surface area contributed by atoms with Gasteiger partial charge in [0.2, 0.25) is 5.91 Å². The Bertz CT molecular complexity index is 924. The summed E-state index contributed by atoms with van der Waals surface area (Å²) in [6.07, 6.45) is 4.04. The van der Waals surface area contributed by atoms with Gasteiger partial charge in [-0.15, -0.1) is 11.8 Å². The largest absolute Gasteiger partial charge is 0.310 e. The molecule has 4 rings (SSSR count). The minimum Gasteiger partial charge on any atom is -0.310 e. The summed E-state index contributed by atoms with van der Waals surface area (Å²) in [4.78, 5) is 16.4. The van der Waals surface area contributed by atoms with Gasteiger partial charge in [-0.3, -0.25) is 9.78 Å². The number of hydrogen-bond acceptors (Lipinski definition) is 6. The Morgan fingerprint density at radius 2 is 2.24 bits per heavy atom. The maximum absolute atomic E-state index is 12.2. The minimum atomic E-state index is -3.04. The predicted octanol–water partition coefficient (Wildman–Crippen LogP) is 1.72. The maximum Gasteiger partial charge on any atom is 0.235 e. The number of carbonyl (C=O) groups is 1. The molecule has 1 saturated heterocycles. The molecule has 2 aliphatic rings. The van der Waals surface area contributed by atoms with E-state index in [9.17, 15) is 13.2 Å². The van der Waals surface area contributed by atoms with E-state index >= 15 is 0 Å². The highest BCUT2D eigenvalue weighted by molar-refractivity contribution is 8.00. The lowest BCUT2D eigenvalue weighted by atomic mass is 10.1. The summed E-state index contributed by atoms with van der Waals surface area (Å²) in [5, 5.41) is 7.48. The average molecular weight is 378 g/mol. The van der Waals surface area contributed by atoms with Gasteiger partial charge in [-0.05, 0) is 25.0 Å². The van der Waals surface area contributed by atoms with Crippen molar-refractivity contribution in [1.29, 1.82) is 0 Å². The summed E-state index contributed by atoms with van der Waals surface area (Å²) in [6.45, 7) is 1.90. The van der Waals surface area contributed by atoms with Gasteiger partial charge in [0.05, 0.1) is 34.2 Å². The Morgan fingerprint density at radius 3 is 2.92 bits per heavy atom. The third-order valence-corrected chi connectivity index (χ3v) is 7.59. The van der Waals surface area contributed by atoms with E-state index in [0.717, 1.165) is 16.8 Å². The summed E-state index contributed by atoms with van der Waals surface area (Å²) in [5.74, 6) is 1.10. The third kappa shape index (κ3) is 3.06. The molecule has 0 spiro atoms. The molecule has 0 unspecified atom stereocenters. The van der Waals surface area contributed by atoms with Crippen molar-refractivity contribution >= 4 is 33.3 Å². The predicted molar refractivity (Wildman–Crippen MR) is 96.4 cm³/mol. The van der Waals surface area contributed by atoms with Crippen molar-refractivity contribution in [2.24, 2.45) is 0 Å². The zero-order valence-corrected chi connectivity index (χ0v) is 15.3. The van der Waals surface area contributed by atoms with E-state index in [4.69, 9.17) is 0 Å². The highest BCUT2D eigenvalue weighted by atomic mass is 32.2. The van der Waals surface area contributed by atoms with Gasteiger partial charge >= 0.3 is 0 Å². The second-order valence-corrected chi connectivity index (χ2v) is 9.70. The molecule has 1 fully saturated rings. The molecule has 4 heterocycles. The quantitative estimate of drug-likeness (QED) is 0.855. The van der Waals surface area contributed by atoms with Gasteiger partial charge < -0.3 is 5.32 Å². The monoisotopic (exact) mass is 378 g/mol. The minimum absolute atomic E-state index is 0.0607. The van der Waals surface area contributed by atoms with Crippen LogP contribution in [0.25, 0.3) is 0 Å². The second-order valence-electron chi connectivity index (χ2n) is 6.37. The van der Waals surface area contributed by atoms with Crippen LogP contribution in [0.2, 0.25) is 0 Å². The van der Waals surface area contributed by atoms with Crippen LogP contribution in [0.4, 0.5) is 5.82 Å². The van der Waals surface area contributed by atoms with E-state index in [1.54, 1.807) is 17.1 Å². The molecular formula is C16H18N4O3S2. The van der Waals surface area contributed by atoms with Gasteiger partial charge in [0.1, 0.15) is 5.82 Å². The van der Waals surface area contributed by atoms with Crippen molar-refractivity contribution in [2.45, 2.75) is 24.6 Å². The first-order valence-electron chi connectivity index (χ1n) is 8.05. The van der Waals surface area contributed by atoms with Gasteiger partial charge in [-0.1, -0.05) is 6.07 Å². The Balaban J connectivity index is 1.82. The van der Waals surface area contributed by atoms with E-state index in [1.807, 2.05) is 19.1 Å². The molecule has 0 radical (unpaired) electrons. The highest BCUT2D eigenvalue weighted by Crippen LogP contribution is 2.44. The molecule has 2 aromatic heterocycles. The molecule has 0 bridgehead atoms. The topological polar surface area (TPSA) is 93.9 Å². The van der Waals surface area contributed by atoms with Crippen molar-refractivity contribution < 1.29 is 13.2 Å². The maximum atomic E-state index is 12.2. The molecule has 132 valence electrons. The number of sulfone groups is 1. The van der Waals surface area contributed by atoms with Crippen molar-refractivity contribution in [1.82, 2.24) is 14.8 Å². The number of carbonyl (C=O) groups excluding carboxylic acids is 1. The first-order chi connectivity index (χ1) is 11.9. The van der Waals surface area contributed by atoms with Gasteiger partial charge in [0.15, 0.2) is 9.84 Å². The molecule has 2 aliphatic heterocycles. The van der Waals surface area contributed by atoms with Crippen LogP contribution in [0.5, 0.6) is 0 Å². The molecule has 0 aliphatic carbocycles. The fraction of sp³-hybridized carbons (Fsp3) is 0.438. The van der Waals surface area contributed by atoms with E-state index in [2.05, 4.69) is 15.4 Å². The zero-order valence-electron chi connectivity index (χ0n) is 13.7. The molecule has 0 aromatic carbocycles. The molecular weight excluding hydrogens is 360 g/mol. The number of aromatic nitrogens is 3. The standard InChI is InChI=1S/C16H18N4O3S2/c1-10-14-15(11-3-2-5-17-7-11)24-8-13(21)18-16(14)20(19-10)12-4-6-25(22,23)9-12/h2-3,5,7,12,15H,4,6,8-9H2,1H3,(H,18,21)/t12-,15+/m0/s1. The van der Waals surface area contributed by atoms with Crippen molar-refractivity contribution in [3.8, 4) is 0 Å². The lowest BCUT2D eigenvalue weighted by molar-refractivity contribution is -0.113. The number of anilines is 1. The van der Waals surface area contributed by atoms with Crippen LogP contribution in [-0.4, -0.2) is 46.3 Å². The summed E-state index contributed by atoms with van der Waals surface area (Å²) < 4.78 is 25.4. The first-order valence-corrected chi connectivity index (χ1v) is 10.9. The van der Waals surface area contributed by atoms with E-state index < -0.39 is 9.84 Å². The Morgan fingerprint density at radius 1 is 1.40 bits per heavy atom. The van der Waals surface area contributed by atoms with Crippen LogP contribution in [0.1, 0.15) is 34.5 Å².